The second-order valence-electron chi connectivity index (χ2n) is 4.87. The molecule has 1 aromatic carbocycles. The Bertz CT molecular complexity index is 491. The Labute approximate surface area is 126 Å². The number of halogens is 1. The molecule has 0 spiro atoms. The minimum absolute atomic E-state index is 0.466. The normalized spacial score (nSPS) is 15.6. The highest BCUT2D eigenvalue weighted by Gasteiger charge is 2.22. The summed E-state index contributed by atoms with van der Waals surface area (Å²) in [5.74, 6) is -1.05. The largest absolute Gasteiger partial charge is 0.333 e. The van der Waals surface area contributed by atoms with Gasteiger partial charge in [0.15, 0.2) is 0 Å². The number of rotatable bonds is 1. The van der Waals surface area contributed by atoms with E-state index in [1.54, 1.807) is 11.0 Å². The summed E-state index contributed by atoms with van der Waals surface area (Å²) in [5.41, 5.74) is 1.64. The average molecular weight is 340 g/mol. The van der Waals surface area contributed by atoms with Crippen LogP contribution in [-0.2, 0) is 9.59 Å². The molecule has 0 aliphatic carbocycles. The second kappa shape index (κ2) is 6.85. The van der Waals surface area contributed by atoms with Crippen LogP contribution in [0.15, 0.2) is 22.7 Å². The minimum Gasteiger partial charge on any atom is -0.333 e. The van der Waals surface area contributed by atoms with Gasteiger partial charge in [0.05, 0.1) is 0 Å². The Morgan fingerprint density at radius 2 is 2.05 bits per heavy atom. The van der Waals surface area contributed by atoms with E-state index in [0.29, 0.717) is 18.8 Å². The topological polar surface area (TPSA) is 61.4 Å². The van der Waals surface area contributed by atoms with Crippen molar-refractivity contribution in [1.82, 2.24) is 10.2 Å². The van der Waals surface area contributed by atoms with E-state index in [1.165, 1.54) is 0 Å². The molecule has 0 bridgehead atoms. The highest BCUT2D eigenvalue weighted by Crippen LogP contribution is 2.19. The lowest BCUT2D eigenvalue weighted by molar-refractivity contribution is -0.143. The van der Waals surface area contributed by atoms with Crippen LogP contribution in [0.1, 0.15) is 12.0 Å². The molecule has 1 heterocycles. The molecule has 1 aliphatic heterocycles. The highest BCUT2D eigenvalue weighted by molar-refractivity contribution is 9.10. The van der Waals surface area contributed by atoms with Gasteiger partial charge in [-0.05, 0) is 43.7 Å². The zero-order valence-electron chi connectivity index (χ0n) is 11.4. The van der Waals surface area contributed by atoms with Gasteiger partial charge in [-0.15, -0.1) is 0 Å². The SMILES string of the molecule is Cc1cc(Br)cc(NC(=O)C(=O)N2CCCNCC2)c1. The molecule has 2 rings (SSSR count). The van der Waals surface area contributed by atoms with E-state index in [9.17, 15) is 9.59 Å². The zero-order chi connectivity index (χ0) is 14.5. The summed E-state index contributed by atoms with van der Waals surface area (Å²) in [4.78, 5) is 25.7. The maximum Gasteiger partial charge on any atom is 0.313 e. The molecule has 0 radical (unpaired) electrons. The first-order valence-electron chi connectivity index (χ1n) is 6.64. The fraction of sp³-hybridized carbons (Fsp3) is 0.429. The van der Waals surface area contributed by atoms with Crippen molar-refractivity contribution in [3.05, 3.63) is 28.2 Å². The Morgan fingerprint density at radius 1 is 1.25 bits per heavy atom. The third-order valence-corrected chi connectivity index (χ3v) is 3.58. The number of aryl methyl sites for hydroxylation is 1. The number of hydrogen-bond donors (Lipinski definition) is 2. The van der Waals surface area contributed by atoms with E-state index in [4.69, 9.17) is 0 Å². The number of anilines is 1. The maximum absolute atomic E-state index is 12.1. The van der Waals surface area contributed by atoms with Crippen LogP contribution in [0.3, 0.4) is 0 Å². The Balaban J connectivity index is 2.01. The second-order valence-corrected chi connectivity index (χ2v) is 5.78. The smallest absolute Gasteiger partial charge is 0.313 e. The molecule has 0 atom stereocenters. The number of carbonyl (C=O) groups is 2. The molecule has 1 aromatic rings. The van der Waals surface area contributed by atoms with Crippen molar-refractivity contribution >= 4 is 33.4 Å². The average Bonchev–Trinajstić information content (AvgIpc) is 2.65. The quantitative estimate of drug-likeness (QED) is 0.762. The molecule has 0 aromatic heterocycles. The lowest BCUT2D eigenvalue weighted by Crippen LogP contribution is -2.41. The van der Waals surface area contributed by atoms with Gasteiger partial charge in [0.2, 0.25) is 0 Å². The summed E-state index contributed by atoms with van der Waals surface area (Å²) < 4.78 is 0.874. The molecule has 6 heteroatoms. The molecule has 1 fully saturated rings. The Morgan fingerprint density at radius 3 is 2.80 bits per heavy atom. The van der Waals surface area contributed by atoms with Gasteiger partial charge in [-0.2, -0.15) is 0 Å². The van der Waals surface area contributed by atoms with Gasteiger partial charge in [0, 0.05) is 29.8 Å². The molecule has 1 aliphatic rings. The Kier molecular flexibility index (Phi) is 5.14. The minimum atomic E-state index is -0.579. The standard InChI is InChI=1S/C14H18BrN3O2/c1-10-7-11(15)9-12(8-10)17-13(19)14(20)18-5-2-3-16-4-6-18/h7-9,16H,2-6H2,1H3,(H,17,19). The number of hydrogen-bond acceptors (Lipinski definition) is 3. The van der Waals surface area contributed by atoms with Crippen LogP contribution in [-0.4, -0.2) is 42.9 Å². The van der Waals surface area contributed by atoms with Gasteiger partial charge in [-0.1, -0.05) is 15.9 Å². The van der Waals surface area contributed by atoms with Gasteiger partial charge < -0.3 is 15.5 Å². The van der Waals surface area contributed by atoms with E-state index in [2.05, 4.69) is 26.6 Å². The van der Waals surface area contributed by atoms with E-state index in [-0.39, 0.29) is 0 Å². The molecule has 1 saturated heterocycles. The van der Waals surface area contributed by atoms with Crippen LogP contribution in [0.4, 0.5) is 5.69 Å². The van der Waals surface area contributed by atoms with Gasteiger partial charge in [0.1, 0.15) is 0 Å². The van der Waals surface area contributed by atoms with Gasteiger partial charge in [0.25, 0.3) is 0 Å². The molecule has 2 amide bonds. The van der Waals surface area contributed by atoms with Crippen LogP contribution in [0.5, 0.6) is 0 Å². The highest BCUT2D eigenvalue weighted by atomic mass is 79.9. The monoisotopic (exact) mass is 339 g/mol. The lowest BCUT2D eigenvalue weighted by atomic mass is 10.2. The molecular weight excluding hydrogens is 322 g/mol. The summed E-state index contributed by atoms with van der Waals surface area (Å²) in [6.07, 6.45) is 0.870. The summed E-state index contributed by atoms with van der Waals surface area (Å²) in [7, 11) is 0. The van der Waals surface area contributed by atoms with Crippen molar-refractivity contribution < 1.29 is 9.59 Å². The molecular formula is C14H18BrN3O2. The van der Waals surface area contributed by atoms with Gasteiger partial charge in [-0.25, -0.2) is 0 Å². The van der Waals surface area contributed by atoms with Crippen LogP contribution < -0.4 is 10.6 Å². The van der Waals surface area contributed by atoms with Crippen LogP contribution in [0.25, 0.3) is 0 Å². The summed E-state index contributed by atoms with van der Waals surface area (Å²) in [6.45, 7) is 4.74. The number of benzene rings is 1. The predicted molar refractivity (Wildman–Crippen MR) is 81.6 cm³/mol. The van der Waals surface area contributed by atoms with Crippen molar-refractivity contribution in [2.24, 2.45) is 0 Å². The summed E-state index contributed by atoms with van der Waals surface area (Å²) in [6, 6.07) is 5.56. The van der Waals surface area contributed by atoms with E-state index in [0.717, 1.165) is 29.5 Å². The van der Waals surface area contributed by atoms with E-state index >= 15 is 0 Å². The number of amides is 2. The van der Waals surface area contributed by atoms with Gasteiger partial charge >= 0.3 is 11.8 Å². The number of nitrogens with one attached hydrogen (secondary N) is 2. The summed E-state index contributed by atoms with van der Waals surface area (Å²) in [5, 5.41) is 5.86. The van der Waals surface area contributed by atoms with E-state index in [1.807, 2.05) is 19.1 Å². The van der Waals surface area contributed by atoms with Crippen molar-refractivity contribution in [3.63, 3.8) is 0 Å². The zero-order valence-corrected chi connectivity index (χ0v) is 13.0. The van der Waals surface area contributed by atoms with Crippen LogP contribution in [0.2, 0.25) is 0 Å². The molecule has 5 nitrogen and oxygen atoms in total. The van der Waals surface area contributed by atoms with Crippen molar-refractivity contribution in [1.29, 1.82) is 0 Å². The number of carbonyl (C=O) groups excluding carboxylic acids is 2. The fourth-order valence-corrected chi connectivity index (χ4v) is 2.79. The fourth-order valence-electron chi connectivity index (χ4n) is 2.19. The van der Waals surface area contributed by atoms with E-state index < -0.39 is 11.8 Å². The summed E-state index contributed by atoms with van der Waals surface area (Å²) >= 11 is 3.37. The molecule has 108 valence electrons. The maximum atomic E-state index is 12.1. The first-order valence-corrected chi connectivity index (χ1v) is 7.44. The Hall–Kier alpha value is -1.40. The predicted octanol–water partition coefficient (Wildman–Crippen LogP) is 1.52. The third kappa shape index (κ3) is 4.05. The van der Waals surface area contributed by atoms with Crippen molar-refractivity contribution in [2.75, 3.05) is 31.5 Å². The lowest BCUT2D eigenvalue weighted by Gasteiger charge is -2.19. The number of nitrogens with zero attached hydrogens (tertiary/aromatic N) is 1. The van der Waals surface area contributed by atoms with Crippen molar-refractivity contribution in [2.45, 2.75) is 13.3 Å². The van der Waals surface area contributed by atoms with Crippen LogP contribution >= 0.6 is 15.9 Å². The molecule has 2 N–H and O–H groups in total. The molecule has 0 unspecified atom stereocenters. The third-order valence-electron chi connectivity index (χ3n) is 3.12. The molecule has 20 heavy (non-hydrogen) atoms. The molecule has 0 saturated carbocycles. The first kappa shape index (κ1) is 15.0. The van der Waals surface area contributed by atoms with Gasteiger partial charge in [-0.3, -0.25) is 9.59 Å². The first-order chi connectivity index (χ1) is 9.56. The van der Waals surface area contributed by atoms with Crippen molar-refractivity contribution in [3.8, 4) is 0 Å². The van der Waals surface area contributed by atoms with Crippen LogP contribution in [0, 0.1) is 6.92 Å².